The summed E-state index contributed by atoms with van der Waals surface area (Å²) < 4.78 is 3.05. The number of hydrogen-bond acceptors (Lipinski definition) is 3. The number of nitrogens with zero attached hydrogens (tertiary/aromatic N) is 3. The number of halogens is 3. The lowest BCUT2D eigenvalue weighted by atomic mass is 10.1. The van der Waals surface area contributed by atoms with E-state index in [9.17, 15) is 0 Å². The third-order valence-corrected chi connectivity index (χ3v) is 3.95. The Morgan fingerprint density at radius 1 is 1.14 bits per heavy atom. The molecule has 0 amide bonds. The summed E-state index contributed by atoms with van der Waals surface area (Å²) in [5.41, 5.74) is 8.73. The SMILES string of the molecule is Cl.Cl.NCCCn1nc(-c2ccccc2Br)c2cnccc21. The number of nitrogens with two attached hydrogens (primary N) is 1. The van der Waals surface area contributed by atoms with Crippen molar-refractivity contribution in [3.05, 3.63) is 47.2 Å². The number of aromatic nitrogens is 3. The second kappa shape index (κ2) is 8.48. The molecule has 3 rings (SSSR count). The molecule has 22 heavy (non-hydrogen) atoms. The first-order valence-corrected chi connectivity index (χ1v) is 7.36. The fourth-order valence-electron chi connectivity index (χ4n) is 2.29. The third-order valence-electron chi connectivity index (χ3n) is 3.25. The van der Waals surface area contributed by atoms with E-state index in [1.165, 1.54) is 0 Å². The summed E-state index contributed by atoms with van der Waals surface area (Å²) in [4.78, 5) is 4.23. The number of aryl methyl sites for hydroxylation is 1. The van der Waals surface area contributed by atoms with Crippen LogP contribution in [0.2, 0.25) is 0 Å². The van der Waals surface area contributed by atoms with Gasteiger partial charge in [0, 0.05) is 34.4 Å². The van der Waals surface area contributed by atoms with Gasteiger partial charge in [-0.2, -0.15) is 5.10 Å². The van der Waals surface area contributed by atoms with Crippen molar-refractivity contribution in [1.29, 1.82) is 0 Å². The fraction of sp³-hybridized carbons (Fsp3) is 0.200. The molecule has 0 aliphatic carbocycles. The lowest BCUT2D eigenvalue weighted by Crippen LogP contribution is -2.06. The van der Waals surface area contributed by atoms with E-state index < -0.39 is 0 Å². The summed E-state index contributed by atoms with van der Waals surface area (Å²) in [6.45, 7) is 1.48. The summed E-state index contributed by atoms with van der Waals surface area (Å²) in [5, 5.41) is 5.82. The van der Waals surface area contributed by atoms with Gasteiger partial charge < -0.3 is 5.73 Å². The molecule has 3 aromatic rings. The van der Waals surface area contributed by atoms with Crippen LogP contribution in [-0.4, -0.2) is 21.3 Å². The Balaban J connectivity index is 0.00000121. The lowest BCUT2D eigenvalue weighted by molar-refractivity contribution is 0.604. The molecule has 2 heterocycles. The van der Waals surface area contributed by atoms with Gasteiger partial charge in [0.2, 0.25) is 0 Å². The molecule has 118 valence electrons. The second-order valence-corrected chi connectivity index (χ2v) is 5.44. The van der Waals surface area contributed by atoms with Crippen molar-refractivity contribution in [3.8, 4) is 11.3 Å². The summed E-state index contributed by atoms with van der Waals surface area (Å²) in [6, 6.07) is 10.1. The van der Waals surface area contributed by atoms with Crippen LogP contribution < -0.4 is 5.73 Å². The zero-order valence-electron chi connectivity index (χ0n) is 11.8. The van der Waals surface area contributed by atoms with Crippen molar-refractivity contribution < 1.29 is 0 Å². The first-order valence-electron chi connectivity index (χ1n) is 6.57. The van der Waals surface area contributed by atoms with Crippen molar-refractivity contribution in [1.82, 2.24) is 14.8 Å². The Bertz CT molecular complexity index is 745. The number of fused-ring (bicyclic) bond motifs is 1. The minimum Gasteiger partial charge on any atom is -0.330 e. The van der Waals surface area contributed by atoms with Crippen LogP contribution in [0.3, 0.4) is 0 Å². The van der Waals surface area contributed by atoms with Crippen molar-refractivity contribution in [2.24, 2.45) is 5.73 Å². The Hall–Kier alpha value is -1.14. The van der Waals surface area contributed by atoms with Gasteiger partial charge >= 0.3 is 0 Å². The van der Waals surface area contributed by atoms with E-state index in [0.29, 0.717) is 6.54 Å². The van der Waals surface area contributed by atoms with E-state index in [1.807, 2.05) is 35.1 Å². The van der Waals surface area contributed by atoms with Gasteiger partial charge in [-0.05, 0) is 25.1 Å². The highest BCUT2D eigenvalue weighted by molar-refractivity contribution is 9.10. The molecule has 2 N–H and O–H groups in total. The monoisotopic (exact) mass is 402 g/mol. The van der Waals surface area contributed by atoms with Gasteiger partial charge in [0.1, 0.15) is 5.69 Å². The molecule has 0 aliphatic rings. The molecule has 0 fully saturated rings. The lowest BCUT2D eigenvalue weighted by Gasteiger charge is -2.01. The number of pyridine rings is 1. The molecule has 0 saturated heterocycles. The zero-order valence-corrected chi connectivity index (χ0v) is 15.0. The summed E-state index contributed by atoms with van der Waals surface area (Å²) in [5.74, 6) is 0. The third kappa shape index (κ3) is 3.60. The van der Waals surface area contributed by atoms with Crippen LogP contribution in [0, 0.1) is 0 Å². The maximum Gasteiger partial charge on any atom is 0.103 e. The van der Waals surface area contributed by atoms with E-state index in [2.05, 4.69) is 27.0 Å². The molecule has 0 unspecified atom stereocenters. The molecular weight excluding hydrogens is 387 g/mol. The van der Waals surface area contributed by atoms with Gasteiger partial charge in [-0.15, -0.1) is 24.8 Å². The van der Waals surface area contributed by atoms with Crippen LogP contribution in [0.1, 0.15) is 6.42 Å². The Morgan fingerprint density at radius 3 is 2.64 bits per heavy atom. The molecule has 0 atom stereocenters. The van der Waals surface area contributed by atoms with Gasteiger partial charge in [-0.25, -0.2) is 0 Å². The first kappa shape index (κ1) is 18.9. The summed E-state index contributed by atoms with van der Waals surface area (Å²) in [7, 11) is 0. The molecule has 0 spiro atoms. The molecule has 0 saturated carbocycles. The average molecular weight is 404 g/mol. The van der Waals surface area contributed by atoms with Crippen molar-refractivity contribution in [2.45, 2.75) is 13.0 Å². The zero-order chi connectivity index (χ0) is 13.9. The molecule has 0 bridgehead atoms. The normalized spacial score (nSPS) is 10.1. The predicted molar refractivity (Wildman–Crippen MR) is 98.8 cm³/mol. The van der Waals surface area contributed by atoms with E-state index in [0.717, 1.165) is 39.6 Å². The van der Waals surface area contributed by atoms with Crippen LogP contribution in [0.5, 0.6) is 0 Å². The van der Waals surface area contributed by atoms with Gasteiger partial charge in [0.05, 0.1) is 5.52 Å². The molecule has 4 nitrogen and oxygen atoms in total. The minimum absolute atomic E-state index is 0. The van der Waals surface area contributed by atoms with Crippen molar-refractivity contribution >= 4 is 51.6 Å². The van der Waals surface area contributed by atoms with Gasteiger partial charge in [0.25, 0.3) is 0 Å². The maximum atomic E-state index is 5.60. The van der Waals surface area contributed by atoms with Crippen LogP contribution in [-0.2, 0) is 6.54 Å². The summed E-state index contributed by atoms with van der Waals surface area (Å²) in [6.07, 6.45) is 4.58. The largest absolute Gasteiger partial charge is 0.330 e. The summed E-state index contributed by atoms with van der Waals surface area (Å²) >= 11 is 3.59. The fourth-order valence-corrected chi connectivity index (χ4v) is 2.76. The van der Waals surface area contributed by atoms with Crippen LogP contribution in [0.4, 0.5) is 0 Å². The molecule has 7 heteroatoms. The highest BCUT2D eigenvalue weighted by Crippen LogP contribution is 2.32. The maximum absolute atomic E-state index is 5.60. The van der Waals surface area contributed by atoms with Crippen molar-refractivity contribution in [3.63, 3.8) is 0 Å². The van der Waals surface area contributed by atoms with E-state index >= 15 is 0 Å². The molecule has 0 aliphatic heterocycles. The Kier molecular flexibility index (Phi) is 7.29. The molecule has 1 aromatic carbocycles. The van der Waals surface area contributed by atoms with Crippen molar-refractivity contribution in [2.75, 3.05) is 6.54 Å². The van der Waals surface area contributed by atoms with Crippen LogP contribution >= 0.6 is 40.7 Å². The Morgan fingerprint density at radius 2 is 1.91 bits per heavy atom. The average Bonchev–Trinajstić information content (AvgIpc) is 2.84. The number of rotatable bonds is 4. The smallest absolute Gasteiger partial charge is 0.103 e. The number of hydrogen-bond donors (Lipinski definition) is 1. The van der Waals surface area contributed by atoms with E-state index in [-0.39, 0.29) is 24.8 Å². The molecular formula is C15H17BrCl2N4. The quantitative estimate of drug-likeness (QED) is 0.714. The number of benzene rings is 1. The van der Waals surface area contributed by atoms with Gasteiger partial charge in [-0.1, -0.05) is 34.1 Å². The molecule has 2 aromatic heterocycles. The molecule has 0 radical (unpaired) electrons. The highest BCUT2D eigenvalue weighted by Gasteiger charge is 2.13. The topological polar surface area (TPSA) is 56.7 Å². The van der Waals surface area contributed by atoms with Crippen LogP contribution in [0.15, 0.2) is 47.2 Å². The van der Waals surface area contributed by atoms with Gasteiger partial charge in [0.15, 0.2) is 0 Å². The highest BCUT2D eigenvalue weighted by atomic mass is 79.9. The first-order chi connectivity index (χ1) is 9.81. The van der Waals surface area contributed by atoms with Gasteiger partial charge in [-0.3, -0.25) is 9.67 Å². The van der Waals surface area contributed by atoms with E-state index in [1.54, 1.807) is 6.20 Å². The minimum atomic E-state index is 0. The van der Waals surface area contributed by atoms with Crippen LogP contribution in [0.25, 0.3) is 22.2 Å². The predicted octanol–water partition coefficient (Wildman–Crippen LogP) is 4.05. The standard InChI is InChI=1S/C15H15BrN4.2ClH/c16-13-5-2-1-4-11(13)15-12-10-18-8-6-14(12)20(19-15)9-3-7-17;;/h1-2,4-6,8,10H,3,7,9,17H2;2*1H. The van der Waals surface area contributed by atoms with E-state index in [4.69, 9.17) is 10.8 Å². The second-order valence-electron chi connectivity index (χ2n) is 4.59. The Labute approximate surface area is 150 Å².